The lowest BCUT2D eigenvalue weighted by Gasteiger charge is -2.39. The molecule has 1 rings (SSSR count). The highest BCUT2D eigenvalue weighted by atomic mass is 16.5. The molecule has 0 unspecified atom stereocenters. The summed E-state index contributed by atoms with van der Waals surface area (Å²) in [6.07, 6.45) is 3.94. The predicted molar refractivity (Wildman–Crippen MR) is 85.3 cm³/mol. The Labute approximate surface area is 130 Å². The first-order chi connectivity index (χ1) is 9.99. The largest absolute Gasteiger partial charge is 0.381 e. The summed E-state index contributed by atoms with van der Waals surface area (Å²) in [5.74, 6) is 1.60. The Morgan fingerprint density at radius 2 is 1.86 bits per heavy atom. The highest BCUT2D eigenvalue weighted by Crippen LogP contribution is 2.20. The van der Waals surface area contributed by atoms with E-state index in [2.05, 4.69) is 27.7 Å². The van der Waals surface area contributed by atoms with Crippen LogP contribution in [0.3, 0.4) is 0 Å². The van der Waals surface area contributed by atoms with E-state index in [-0.39, 0.29) is 5.91 Å². The summed E-state index contributed by atoms with van der Waals surface area (Å²) in [5.41, 5.74) is 0. The van der Waals surface area contributed by atoms with E-state index in [9.17, 15) is 4.79 Å². The van der Waals surface area contributed by atoms with Crippen molar-refractivity contribution in [3.63, 3.8) is 0 Å². The number of amides is 1. The zero-order chi connectivity index (χ0) is 15.7. The Morgan fingerprint density at radius 1 is 1.14 bits per heavy atom. The second-order valence-corrected chi connectivity index (χ2v) is 6.77. The molecule has 0 aromatic carbocycles. The highest BCUT2D eigenvalue weighted by molar-refractivity contribution is 5.76. The lowest BCUT2D eigenvalue weighted by Crippen LogP contribution is -2.50. The molecule has 0 aromatic rings. The van der Waals surface area contributed by atoms with Gasteiger partial charge < -0.3 is 14.4 Å². The summed E-state index contributed by atoms with van der Waals surface area (Å²) >= 11 is 0. The first-order valence-corrected chi connectivity index (χ1v) is 8.46. The van der Waals surface area contributed by atoms with Crippen molar-refractivity contribution in [3.8, 4) is 0 Å². The molecule has 0 spiro atoms. The van der Waals surface area contributed by atoms with Crippen LogP contribution < -0.4 is 0 Å². The molecule has 1 fully saturated rings. The number of rotatable bonds is 11. The van der Waals surface area contributed by atoms with Crippen molar-refractivity contribution < 1.29 is 14.3 Å². The Bertz CT molecular complexity index is 286. The molecule has 1 aliphatic heterocycles. The van der Waals surface area contributed by atoms with Gasteiger partial charge in [-0.05, 0) is 44.9 Å². The SMILES string of the molecule is CC(C)CCOCCCC(=O)N1CC(CCOC(C)C)C1. The molecule has 21 heavy (non-hydrogen) atoms. The number of ether oxygens (including phenoxy) is 2. The van der Waals surface area contributed by atoms with Gasteiger partial charge in [-0.3, -0.25) is 4.79 Å². The van der Waals surface area contributed by atoms with Crippen LogP contribution in [0.25, 0.3) is 0 Å². The van der Waals surface area contributed by atoms with Crippen LogP contribution in [0.4, 0.5) is 0 Å². The molecule has 1 aliphatic rings. The van der Waals surface area contributed by atoms with Gasteiger partial charge >= 0.3 is 0 Å². The molecule has 4 nitrogen and oxygen atoms in total. The number of nitrogens with zero attached hydrogens (tertiary/aromatic N) is 1. The van der Waals surface area contributed by atoms with E-state index in [1.807, 2.05) is 4.90 Å². The molecule has 0 atom stereocenters. The average Bonchev–Trinajstić information content (AvgIpc) is 2.35. The van der Waals surface area contributed by atoms with Crippen molar-refractivity contribution in [1.82, 2.24) is 4.90 Å². The Balaban J connectivity index is 1.93. The van der Waals surface area contributed by atoms with E-state index >= 15 is 0 Å². The molecule has 1 saturated heterocycles. The fourth-order valence-corrected chi connectivity index (χ4v) is 2.33. The number of carbonyl (C=O) groups is 1. The lowest BCUT2D eigenvalue weighted by atomic mass is 9.96. The Hall–Kier alpha value is -0.610. The number of hydrogen-bond acceptors (Lipinski definition) is 3. The molecular weight excluding hydrogens is 266 g/mol. The van der Waals surface area contributed by atoms with E-state index in [1.54, 1.807) is 0 Å². The van der Waals surface area contributed by atoms with Crippen molar-refractivity contribution >= 4 is 5.91 Å². The first-order valence-electron chi connectivity index (χ1n) is 8.46. The number of carbonyl (C=O) groups excluding carboxylic acids is 1. The smallest absolute Gasteiger partial charge is 0.222 e. The zero-order valence-electron chi connectivity index (χ0n) is 14.3. The lowest BCUT2D eigenvalue weighted by molar-refractivity contribution is -0.138. The normalized spacial score (nSPS) is 15.8. The number of hydrogen-bond donors (Lipinski definition) is 0. The first kappa shape index (κ1) is 18.4. The fourth-order valence-electron chi connectivity index (χ4n) is 2.33. The third-order valence-electron chi connectivity index (χ3n) is 3.81. The Morgan fingerprint density at radius 3 is 2.48 bits per heavy atom. The van der Waals surface area contributed by atoms with E-state index in [4.69, 9.17) is 9.47 Å². The molecule has 0 bridgehead atoms. The van der Waals surface area contributed by atoms with Gasteiger partial charge in [0.05, 0.1) is 6.10 Å². The summed E-state index contributed by atoms with van der Waals surface area (Å²) in [7, 11) is 0. The van der Waals surface area contributed by atoms with Gasteiger partial charge in [-0.1, -0.05) is 13.8 Å². The van der Waals surface area contributed by atoms with Crippen molar-refractivity contribution in [2.45, 2.75) is 59.5 Å². The summed E-state index contributed by atoms with van der Waals surface area (Å²) in [6, 6.07) is 0. The van der Waals surface area contributed by atoms with Crippen molar-refractivity contribution in [2.24, 2.45) is 11.8 Å². The summed E-state index contributed by atoms with van der Waals surface area (Å²) in [6.45, 7) is 12.7. The van der Waals surface area contributed by atoms with Crippen LogP contribution in [0.1, 0.15) is 53.4 Å². The molecule has 4 heteroatoms. The van der Waals surface area contributed by atoms with E-state index < -0.39 is 0 Å². The Kier molecular flexibility index (Phi) is 8.93. The summed E-state index contributed by atoms with van der Waals surface area (Å²) in [5, 5.41) is 0. The van der Waals surface area contributed by atoms with Gasteiger partial charge in [0.2, 0.25) is 5.91 Å². The van der Waals surface area contributed by atoms with Crippen LogP contribution in [0, 0.1) is 11.8 Å². The van der Waals surface area contributed by atoms with Crippen LogP contribution in [-0.2, 0) is 14.3 Å². The van der Waals surface area contributed by atoms with Gasteiger partial charge in [0.15, 0.2) is 0 Å². The maximum atomic E-state index is 11.9. The minimum Gasteiger partial charge on any atom is -0.381 e. The summed E-state index contributed by atoms with van der Waals surface area (Å²) in [4.78, 5) is 13.9. The molecule has 124 valence electrons. The third kappa shape index (κ3) is 8.42. The van der Waals surface area contributed by atoms with Crippen LogP contribution in [0.2, 0.25) is 0 Å². The van der Waals surface area contributed by atoms with Crippen molar-refractivity contribution in [3.05, 3.63) is 0 Å². The van der Waals surface area contributed by atoms with Crippen LogP contribution in [0.15, 0.2) is 0 Å². The topological polar surface area (TPSA) is 38.8 Å². The minimum absolute atomic E-state index is 0.281. The van der Waals surface area contributed by atoms with E-state index in [0.717, 1.165) is 45.6 Å². The van der Waals surface area contributed by atoms with Gasteiger partial charge in [-0.2, -0.15) is 0 Å². The summed E-state index contributed by atoms with van der Waals surface area (Å²) < 4.78 is 11.1. The van der Waals surface area contributed by atoms with Crippen LogP contribution >= 0.6 is 0 Å². The standard InChI is InChI=1S/C17H33NO3/c1-14(2)7-10-20-9-5-6-17(19)18-12-16(13-18)8-11-21-15(3)4/h14-16H,5-13H2,1-4H3. The van der Waals surface area contributed by atoms with E-state index in [0.29, 0.717) is 31.0 Å². The van der Waals surface area contributed by atoms with Crippen molar-refractivity contribution in [2.75, 3.05) is 32.9 Å². The van der Waals surface area contributed by atoms with Gasteiger partial charge in [0.25, 0.3) is 0 Å². The van der Waals surface area contributed by atoms with Crippen LogP contribution in [0.5, 0.6) is 0 Å². The van der Waals surface area contributed by atoms with Crippen LogP contribution in [-0.4, -0.2) is 49.8 Å². The molecule has 0 N–H and O–H groups in total. The average molecular weight is 299 g/mol. The second-order valence-electron chi connectivity index (χ2n) is 6.77. The third-order valence-corrected chi connectivity index (χ3v) is 3.81. The molecule has 1 amide bonds. The van der Waals surface area contributed by atoms with E-state index in [1.165, 1.54) is 0 Å². The van der Waals surface area contributed by atoms with Gasteiger partial charge in [0, 0.05) is 39.3 Å². The molecule has 0 saturated carbocycles. The zero-order valence-corrected chi connectivity index (χ0v) is 14.3. The maximum Gasteiger partial charge on any atom is 0.222 e. The van der Waals surface area contributed by atoms with Gasteiger partial charge in [-0.25, -0.2) is 0 Å². The maximum absolute atomic E-state index is 11.9. The highest BCUT2D eigenvalue weighted by Gasteiger charge is 2.29. The monoisotopic (exact) mass is 299 g/mol. The molecule has 0 aromatic heterocycles. The molecule has 0 radical (unpaired) electrons. The molecule has 1 heterocycles. The predicted octanol–water partition coefficient (Wildman–Crippen LogP) is 3.10. The molecular formula is C17H33NO3. The molecule has 0 aliphatic carbocycles. The quantitative estimate of drug-likeness (QED) is 0.550. The van der Waals surface area contributed by atoms with Crippen molar-refractivity contribution in [1.29, 1.82) is 0 Å². The second kappa shape index (κ2) is 10.2. The minimum atomic E-state index is 0.281. The number of likely N-dealkylation sites (tertiary alicyclic amines) is 1. The fraction of sp³-hybridized carbons (Fsp3) is 0.941. The van der Waals surface area contributed by atoms with Gasteiger partial charge in [-0.15, -0.1) is 0 Å². The van der Waals surface area contributed by atoms with Gasteiger partial charge in [0.1, 0.15) is 0 Å².